The van der Waals surface area contributed by atoms with Gasteiger partial charge in [0.1, 0.15) is 6.04 Å². The third kappa shape index (κ3) is 4.96. The lowest BCUT2D eigenvalue weighted by molar-refractivity contribution is -0.145. The van der Waals surface area contributed by atoms with Crippen molar-refractivity contribution in [2.24, 2.45) is 5.92 Å². The second-order valence-corrected chi connectivity index (χ2v) is 5.19. The molecule has 6 nitrogen and oxygen atoms in total. The van der Waals surface area contributed by atoms with Crippen LogP contribution in [0.5, 0.6) is 0 Å². The quantitative estimate of drug-likeness (QED) is 0.729. The molecule has 1 rings (SSSR count). The Labute approximate surface area is 135 Å². The van der Waals surface area contributed by atoms with Crippen molar-refractivity contribution in [2.45, 2.75) is 31.7 Å². The Morgan fingerprint density at radius 2 is 1.83 bits per heavy atom. The zero-order valence-corrected chi connectivity index (χ0v) is 12.5. The van der Waals surface area contributed by atoms with Gasteiger partial charge in [0.15, 0.2) is 6.10 Å². The van der Waals surface area contributed by atoms with Crippen LogP contribution in [-0.4, -0.2) is 28.1 Å². The predicted octanol–water partition coefficient (Wildman–Crippen LogP) is 1.86. The molecule has 3 N–H and O–H groups in total. The molecule has 0 aliphatic heterocycles. The Hall–Kier alpha value is -2.60. The number of carboxylic acid groups (broad SMARTS) is 1. The Morgan fingerprint density at radius 1 is 1.29 bits per heavy atom. The second kappa shape index (κ2) is 7.79. The highest BCUT2D eigenvalue weighted by molar-refractivity contribution is 5.87. The first-order valence-corrected chi connectivity index (χ1v) is 6.83. The number of carbonyl (C=O) groups is 2. The Morgan fingerprint density at radius 3 is 2.25 bits per heavy atom. The van der Waals surface area contributed by atoms with Crippen LogP contribution in [0.4, 0.5) is 13.2 Å². The topological polar surface area (TPSA) is 110 Å². The van der Waals surface area contributed by atoms with E-state index in [2.05, 4.69) is 5.32 Å². The van der Waals surface area contributed by atoms with Crippen molar-refractivity contribution in [2.75, 3.05) is 0 Å². The summed E-state index contributed by atoms with van der Waals surface area (Å²) in [4.78, 5) is 23.1. The number of nitrogens with one attached hydrogen (secondary N) is 1. The first-order chi connectivity index (χ1) is 11.1. The van der Waals surface area contributed by atoms with E-state index in [0.717, 1.165) is 12.1 Å². The van der Waals surface area contributed by atoms with E-state index >= 15 is 0 Å². The van der Waals surface area contributed by atoms with Crippen molar-refractivity contribution in [3.63, 3.8) is 0 Å². The normalized spacial score (nSPS) is 15.0. The number of amides is 1. The van der Waals surface area contributed by atoms with E-state index in [1.165, 1.54) is 6.92 Å². The highest BCUT2D eigenvalue weighted by atomic mass is 19.4. The number of carboxylic acids is 1. The number of aliphatic carboxylic acids is 1. The lowest BCUT2D eigenvalue weighted by atomic mass is 9.98. The maximum Gasteiger partial charge on any atom is 0.416 e. The highest BCUT2D eigenvalue weighted by Crippen LogP contribution is 2.30. The second-order valence-electron chi connectivity index (χ2n) is 5.19. The van der Waals surface area contributed by atoms with Gasteiger partial charge >= 0.3 is 12.1 Å². The summed E-state index contributed by atoms with van der Waals surface area (Å²) >= 11 is 0. The number of hydrogen-bond acceptors (Lipinski definition) is 4. The van der Waals surface area contributed by atoms with E-state index in [1.807, 2.05) is 0 Å². The van der Waals surface area contributed by atoms with Crippen molar-refractivity contribution in [1.29, 1.82) is 5.26 Å². The minimum Gasteiger partial charge on any atom is -0.480 e. The van der Waals surface area contributed by atoms with E-state index in [4.69, 9.17) is 10.4 Å². The fourth-order valence-electron chi connectivity index (χ4n) is 1.95. The summed E-state index contributed by atoms with van der Waals surface area (Å²) in [5, 5.41) is 29.6. The van der Waals surface area contributed by atoms with Crippen molar-refractivity contribution in [3.05, 3.63) is 35.4 Å². The Bertz CT molecular complexity index is 638. The third-order valence-electron chi connectivity index (χ3n) is 3.35. The van der Waals surface area contributed by atoms with Gasteiger partial charge in [0.25, 0.3) is 5.91 Å². The minimum atomic E-state index is -4.55. The van der Waals surface area contributed by atoms with Crippen molar-refractivity contribution < 1.29 is 33.0 Å². The predicted molar refractivity (Wildman–Crippen MR) is 75.4 cm³/mol. The van der Waals surface area contributed by atoms with Gasteiger partial charge in [-0.2, -0.15) is 18.4 Å². The van der Waals surface area contributed by atoms with Crippen LogP contribution in [0.25, 0.3) is 0 Å². The van der Waals surface area contributed by atoms with Crippen molar-refractivity contribution in [3.8, 4) is 6.07 Å². The molecule has 0 spiro atoms. The van der Waals surface area contributed by atoms with E-state index in [1.54, 1.807) is 6.07 Å². The van der Waals surface area contributed by atoms with Gasteiger partial charge in [-0.05, 0) is 17.7 Å². The van der Waals surface area contributed by atoms with Crippen LogP contribution in [0.3, 0.4) is 0 Å². The van der Waals surface area contributed by atoms with Crippen LogP contribution in [-0.2, 0) is 15.8 Å². The van der Waals surface area contributed by atoms with Crippen LogP contribution >= 0.6 is 0 Å². The Kier molecular flexibility index (Phi) is 6.31. The zero-order valence-electron chi connectivity index (χ0n) is 12.5. The lowest BCUT2D eigenvalue weighted by Gasteiger charge is -2.21. The molecule has 0 fully saturated rings. The molecule has 0 bridgehead atoms. The minimum absolute atomic E-state index is 0.113. The lowest BCUT2D eigenvalue weighted by Crippen LogP contribution is -2.46. The van der Waals surface area contributed by atoms with Gasteiger partial charge in [0.05, 0.1) is 11.6 Å². The Balaban J connectivity index is 2.86. The maximum atomic E-state index is 12.5. The molecule has 0 aromatic heterocycles. The fourth-order valence-corrected chi connectivity index (χ4v) is 1.95. The van der Waals surface area contributed by atoms with E-state index in [9.17, 15) is 27.9 Å². The molecule has 24 heavy (non-hydrogen) atoms. The smallest absolute Gasteiger partial charge is 0.416 e. The van der Waals surface area contributed by atoms with Gasteiger partial charge in [0, 0.05) is 12.3 Å². The van der Waals surface area contributed by atoms with Gasteiger partial charge < -0.3 is 15.5 Å². The van der Waals surface area contributed by atoms with Crippen LogP contribution in [0.1, 0.15) is 30.6 Å². The maximum absolute atomic E-state index is 12.5. The SMILES string of the molecule is C[C@@H](CC#N)[C@H](NC(=O)[C@@H](O)c1ccc(C(F)(F)F)cc1)C(=O)O. The van der Waals surface area contributed by atoms with E-state index < -0.39 is 41.7 Å². The summed E-state index contributed by atoms with van der Waals surface area (Å²) in [6, 6.07) is 3.65. The van der Waals surface area contributed by atoms with Gasteiger partial charge in [-0.3, -0.25) is 4.79 Å². The molecule has 1 amide bonds. The summed E-state index contributed by atoms with van der Waals surface area (Å²) in [5.41, 5.74) is -1.05. The average Bonchev–Trinajstić information content (AvgIpc) is 2.50. The molecule has 9 heteroatoms. The molecule has 0 aliphatic carbocycles. The molecule has 0 radical (unpaired) electrons. The fraction of sp³-hybridized carbons (Fsp3) is 0.400. The van der Waals surface area contributed by atoms with Gasteiger partial charge in [-0.25, -0.2) is 4.79 Å². The number of rotatable bonds is 6. The molecule has 1 aromatic rings. The van der Waals surface area contributed by atoms with Crippen molar-refractivity contribution >= 4 is 11.9 Å². The number of benzene rings is 1. The molecule has 130 valence electrons. The number of nitrogens with zero attached hydrogens (tertiary/aromatic N) is 1. The number of carbonyl (C=O) groups excluding carboxylic acids is 1. The van der Waals surface area contributed by atoms with Crippen molar-refractivity contribution in [1.82, 2.24) is 5.32 Å². The number of halogens is 3. The molecular formula is C15H15F3N2O4. The molecule has 0 heterocycles. The van der Waals surface area contributed by atoms with Crippen LogP contribution < -0.4 is 5.32 Å². The molecule has 0 aliphatic rings. The largest absolute Gasteiger partial charge is 0.480 e. The first kappa shape index (κ1) is 19.4. The molecular weight excluding hydrogens is 329 g/mol. The molecule has 0 saturated carbocycles. The van der Waals surface area contributed by atoms with Gasteiger partial charge in [-0.15, -0.1) is 0 Å². The average molecular weight is 344 g/mol. The van der Waals surface area contributed by atoms with E-state index in [0.29, 0.717) is 12.1 Å². The third-order valence-corrected chi connectivity index (χ3v) is 3.35. The number of nitriles is 1. The standard InChI is InChI=1S/C15H15F3N2O4/c1-8(6-7-19)11(14(23)24)20-13(22)12(21)9-2-4-10(5-3-9)15(16,17)18/h2-5,8,11-12,21H,6H2,1H3,(H,20,22)(H,23,24)/t8-,11-,12-/m0/s1. The summed E-state index contributed by atoms with van der Waals surface area (Å²) in [6.07, 6.45) is -6.51. The number of aliphatic hydroxyl groups is 1. The van der Waals surface area contributed by atoms with Crippen LogP contribution in [0.15, 0.2) is 24.3 Å². The first-order valence-electron chi connectivity index (χ1n) is 6.83. The number of hydrogen-bond donors (Lipinski definition) is 3. The number of alkyl halides is 3. The van der Waals surface area contributed by atoms with E-state index in [-0.39, 0.29) is 12.0 Å². The molecule has 0 unspecified atom stereocenters. The monoisotopic (exact) mass is 344 g/mol. The van der Waals surface area contributed by atoms with Crippen LogP contribution in [0, 0.1) is 17.2 Å². The molecule has 3 atom stereocenters. The summed E-state index contributed by atoms with van der Waals surface area (Å²) in [6.45, 7) is 1.44. The van der Waals surface area contributed by atoms with Gasteiger partial charge in [0.2, 0.25) is 0 Å². The highest BCUT2D eigenvalue weighted by Gasteiger charge is 2.32. The molecule has 1 aromatic carbocycles. The zero-order chi connectivity index (χ0) is 18.5. The van der Waals surface area contributed by atoms with Crippen LogP contribution in [0.2, 0.25) is 0 Å². The molecule has 0 saturated heterocycles. The van der Waals surface area contributed by atoms with Gasteiger partial charge in [-0.1, -0.05) is 19.1 Å². The number of aliphatic hydroxyl groups excluding tert-OH is 1. The summed E-state index contributed by atoms with van der Waals surface area (Å²) in [5.74, 6) is -3.17. The summed E-state index contributed by atoms with van der Waals surface area (Å²) < 4.78 is 37.4. The summed E-state index contributed by atoms with van der Waals surface area (Å²) in [7, 11) is 0.